The Morgan fingerprint density at radius 1 is 1.15 bits per heavy atom. The van der Waals surface area contributed by atoms with Crippen LogP contribution in [0, 0.1) is 13.8 Å². The molecule has 7 heteroatoms. The van der Waals surface area contributed by atoms with Crippen molar-refractivity contribution >= 4 is 11.7 Å². The van der Waals surface area contributed by atoms with Crippen molar-refractivity contribution in [1.29, 1.82) is 0 Å². The second-order valence-corrected chi connectivity index (χ2v) is 8.76. The van der Waals surface area contributed by atoms with Crippen LogP contribution in [0.15, 0.2) is 54.7 Å². The van der Waals surface area contributed by atoms with Crippen molar-refractivity contribution in [3.63, 3.8) is 0 Å². The van der Waals surface area contributed by atoms with Gasteiger partial charge in [-0.1, -0.05) is 42.5 Å². The first kappa shape index (κ1) is 23.0. The number of phenolic OH excluding ortho intramolecular Hbond substituents is 1. The molecule has 2 N–H and O–H groups in total. The SMILES string of the molecule is COC(C(=O)Nc1ccnn1C1CCN(Cc2cc(C)c(O)c(C)c2)CC1)c1ccccc1. The van der Waals surface area contributed by atoms with Crippen LogP contribution in [0.25, 0.3) is 0 Å². The number of aromatic hydroxyl groups is 1. The molecule has 0 spiro atoms. The van der Waals surface area contributed by atoms with Crippen LogP contribution < -0.4 is 5.32 Å². The van der Waals surface area contributed by atoms with Gasteiger partial charge in [-0.3, -0.25) is 9.69 Å². The van der Waals surface area contributed by atoms with E-state index in [4.69, 9.17) is 4.74 Å². The summed E-state index contributed by atoms with van der Waals surface area (Å²) in [6.07, 6.45) is 2.96. The van der Waals surface area contributed by atoms with Gasteiger partial charge in [-0.25, -0.2) is 4.68 Å². The van der Waals surface area contributed by atoms with Gasteiger partial charge in [-0.05, 0) is 48.9 Å². The van der Waals surface area contributed by atoms with Crippen LogP contribution in [0.1, 0.15) is 47.2 Å². The normalized spacial score (nSPS) is 16.0. The zero-order valence-corrected chi connectivity index (χ0v) is 19.5. The first-order valence-electron chi connectivity index (χ1n) is 11.4. The molecule has 1 atom stereocenters. The average molecular weight is 449 g/mol. The Hall–Kier alpha value is -3.16. The Kier molecular flexibility index (Phi) is 7.11. The van der Waals surface area contributed by atoms with Crippen LogP contribution in [0.4, 0.5) is 5.82 Å². The van der Waals surface area contributed by atoms with Crippen LogP contribution in [0.2, 0.25) is 0 Å². The number of benzene rings is 2. The molecule has 4 rings (SSSR count). The molecule has 2 heterocycles. The maximum absolute atomic E-state index is 12.9. The molecule has 1 amide bonds. The summed E-state index contributed by atoms with van der Waals surface area (Å²) in [7, 11) is 1.54. The number of hydrogen-bond donors (Lipinski definition) is 2. The Morgan fingerprint density at radius 3 is 2.45 bits per heavy atom. The lowest BCUT2D eigenvalue weighted by Gasteiger charge is -2.33. The topological polar surface area (TPSA) is 79.6 Å². The predicted molar refractivity (Wildman–Crippen MR) is 128 cm³/mol. The highest BCUT2D eigenvalue weighted by Gasteiger charge is 2.25. The van der Waals surface area contributed by atoms with E-state index in [-0.39, 0.29) is 11.9 Å². The number of amides is 1. The highest BCUT2D eigenvalue weighted by Crippen LogP contribution is 2.29. The summed E-state index contributed by atoms with van der Waals surface area (Å²) in [5.41, 5.74) is 3.87. The smallest absolute Gasteiger partial charge is 0.259 e. The van der Waals surface area contributed by atoms with Crippen molar-refractivity contribution in [2.45, 2.75) is 45.4 Å². The van der Waals surface area contributed by atoms with Gasteiger partial charge in [0.05, 0.1) is 12.2 Å². The van der Waals surface area contributed by atoms with Crippen molar-refractivity contribution in [3.8, 4) is 5.75 Å². The standard InChI is InChI=1S/C26H32N4O3/c1-18-15-20(16-19(2)24(18)31)17-29-13-10-22(11-14-29)30-23(9-12-27-30)28-26(32)25(33-3)21-7-5-4-6-8-21/h4-9,12,15-16,22,25,31H,10-11,13-14,17H2,1-3H3,(H,28,32). The first-order chi connectivity index (χ1) is 16.0. The third-order valence-electron chi connectivity index (χ3n) is 6.36. The molecule has 1 aromatic heterocycles. The number of likely N-dealkylation sites (tertiary alicyclic amines) is 1. The van der Waals surface area contributed by atoms with Gasteiger partial charge in [0.25, 0.3) is 5.91 Å². The van der Waals surface area contributed by atoms with Crippen molar-refractivity contribution < 1.29 is 14.6 Å². The number of carbonyl (C=O) groups excluding carboxylic acids is 1. The summed E-state index contributed by atoms with van der Waals surface area (Å²) >= 11 is 0. The number of piperidine rings is 1. The summed E-state index contributed by atoms with van der Waals surface area (Å²) in [6, 6.07) is 15.7. The molecule has 1 unspecified atom stereocenters. The van der Waals surface area contributed by atoms with E-state index in [2.05, 4.69) is 27.4 Å². The van der Waals surface area contributed by atoms with E-state index in [0.29, 0.717) is 11.6 Å². The molecule has 1 fully saturated rings. The summed E-state index contributed by atoms with van der Waals surface area (Å²) in [4.78, 5) is 15.3. The summed E-state index contributed by atoms with van der Waals surface area (Å²) in [5, 5.41) is 17.5. The summed E-state index contributed by atoms with van der Waals surface area (Å²) < 4.78 is 7.40. The highest BCUT2D eigenvalue weighted by molar-refractivity contribution is 5.94. The van der Waals surface area contributed by atoms with Crippen molar-refractivity contribution in [2.24, 2.45) is 0 Å². The molecule has 0 bridgehead atoms. The molecule has 33 heavy (non-hydrogen) atoms. The lowest BCUT2D eigenvalue weighted by molar-refractivity contribution is -0.126. The van der Waals surface area contributed by atoms with Gasteiger partial charge in [-0.2, -0.15) is 5.10 Å². The number of anilines is 1. The van der Waals surface area contributed by atoms with E-state index in [9.17, 15) is 9.90 Å². The molecule has 3 aromatic rings. The van der Waals surface area contributed by atoms with Gasteiger partial charge < -0.3 is 15.2 Å². The Labute approximate surface area is 195 Å². The van der Waals surface area contributed by atoms with E-state index in [1.807, 2.05) is 54.9 Å². The van der Waals surface area contributed by atoms with Crippen molar-refractivity contribution in [1.82, 2.24) is 14.7 Å². The number of phenols is 1. The van der Waals surface area contributed by atoms with Gasteiger partial charge in [0.2, 0.25) is 0 Å². The van der Waals surface area contributed by atoms with E-state index in [1.54, 1.807) is 13.3 Å². The number of ether oxygens (including phenoxy) is 1. The van der Waals surface area contributed by atoms with Crippen LogP contribution in [-0.4, -0.2) is 45.9 Å². The van der Waals surface area contributed by atoms with Gasteiger partial charge >= 0.3 is 0 Å². The average Bonchev–Trinajstić information content (AvgIpc) is 3.27. The minimum absolute atomic E-state index is 0.207. The van der Waals surface area contributed by atoms with E-state index in [1.165, 1.54) is 5.56 Å². The highest BCUT2D eigenvalue weighted by atomic mass is 16.5. The molecular formula is C26H32N4O3. The van der Waals surface area contributed by atoms with Crippen LogP contribution in [0.3, 0.4) is 0 Å². The zero-order valence-electron chi connectivity index (χ0n) is 19.5. The maximum Gasteiger partial charge on any atom is 0.259 e. The molecule has 1 aliphatic rings. The fraction of sp³-hybridized carbons (Fsp3) is 0.385. The third-order valence-corrected chi connectivity index (χ3v) is 6.36. The second kappa shape index (κ2) is 10.2. The molecule has 0 aliphatic carbocycles. The number of nitrogens with zero attached hydrogens (tertiary/aromatic N) is 3. The van der Waals surface area contributed by atoms with E-state index < -0.39 is 6.10 Å². The fourth-order valence-corrected chi connectivity index (χ4v) is 4.64. The van der Waals surface area contributed by atoms with Crippen molar-refractivity contribution in [2.75, 3.05) is 25.5 Å². The largest absolute Gasteiger partial charge is 0.507 e. The van der Waals surface area contributed by atoms with Crippen LogP contribution >= 0.6 is 0 Å². The Bertz CT molecular complexity index is 1060. The molecule has 0 saturated carbocycles. The van der Waals surface area contributed by atoms with Crippen molar-refractivity contribution in [3.05, 3.63) is 77.0 Å². The van der Waals surface area contributed by atoms with Gasteiger partial charge in [0, 0.05) is 32.8 Å². The lowest BCUT2D eigenvalue weighted by Crippen LogP contribution is -2.35. The van der Waals surface area contributed by atoms with Crippen LogP contribution in [0.5, 0.6) is 5.75 Å². The van der Waals surface area contributed by atoms with E-state index >= 15 is 0 Å². The first-order valence-corrected chi connectivity index (χ1v) is 11.4. The Balaban J connectivity index is 1.37. The minimum Gasteiger partial charge on any atom is -0.507 e. The van der Waals surface area contributed by atoms with Crippen LogP contribution in [-0.2, 0) is 16.1 Å². The number of carbonyl (C=O) groups is 1. The number of hydrogen-bond acceptors (Lipinski definition) is 5. The third kappa shape index (κ3) is 5.26. The minimum atomic E-state index is -0.673. The van der Waals surface area contributed by atoms with Gasteiger partial charge in [-0.15, -0.1) is 0 Å². The molecular weight excluding hydrogens is 416 g/mol. The monoisotopic (exact) mass is 448 g/mol. The number of rotatable bonds is 7. The van der Waals surface area contributed by atoms with Gasteiger partial charge in [0.15, 0.2) is 6.10 Å². The van der Waals surface area contributed by atoms with E-state index in [0.717, 1.165) is 49.2 Å². The zero-order chi connectivity index (χ0) is 23.4. The molecule has 1 saturated heterocycles. The maximum atomic E-state index is 12.9. The number of aryl methyl sites for hydroxylation is 2. The quantitative estimate of drug-likeness (QED) is 0.561. The molecule has 2 aromatic carbocycles. The molecule has 7 nitrogen and oxygen atoms in total. The number of methoxy groups -OCH3 is 1. The summed E-state index contributed by atoms with van der Waals surface area (Å²) in [5.74, 6) is 0.871. The second-order valence-electron chi connectivity index (χ2n) is 8.76. The number of nitrogens with one attached hydrogen (secondary N) is 1. The molecule has 174 valence electrons. The Morgan fingerprint density at radius 2 is 1.82 bits per heavy atom. The number of aromatic nitrogens is 2. The van der Waals surface area contributed by atoms with Gasteiger partial charge in [0.1, 0.15) is 11.6 Å². The molecule has 0 radical (unpaired) electrons. The predicted octanol–water partition coefficient (Wildman–Crippen LogP) is 4.37. The fourth-order valence-electron chi connectivity index (χ4n) is 4.64. The molecule has 1 aliphatic heterocycles. The lowest BCUT2D eigenvalue weighted by atomic mass is 10.0. The summed E-state index contributed by atoms with van der Waals surface area (Å²) in [6.45, 7) is 6.64.